The van der Waals surface area contributed by atoms with Gasteiger partial charge in [-0.25, -0.2) is 9.97 Å². The normalized spacial score (nSPS) is 11.3. The van der Waals surface area contributed by atoms with Crippen LogP contribution >= 0.6 is 34.4 Å². The van der Waals surface area contributed by atoms with E-state index in [2.05, 4.69) is 29.4 Å². The van der Waals surface area contributed by atoms with Gasteiger partial charge in [0.2, 0.25) is 5.91 Å². The average Bonchev–Trinajstić information content (AvgIpc) is 3.41. The van der Waals surface area contributed by atoms with Crippen LogP contribution in [0.2, 0.25) is 0 Å². The molecule has 1 N–H and O–H groups in total. The Balaban J connectivity index is 1.18. The number of nitrogens with one attached hydrogen (secondary N) is 1. The summed E-state index contributed by atoms with van der Waals surface area (Å²) in [6.07, 6.45) is 1.71. The lowest BCUT2D eigenvalue weighted by Gasteiger charge is -2.06. The quantitative estimate of drug-likeness (QED) is 0.362. The molecule has 1 amide bonds. The van der Waals surface area contributed by atoms with E-state index in [1.165, 1.54) is 43.8 Å². The first-order valence-corrected chi connectivity index (χ1v) is 12.7. The predicted octanol–water partition coefficient (Wildman–Crippen LogP) is 5.21. The Hall–Kier alpha value is -3.01. The van der Waals surface area contributed by atoms with Crippen LogP contribution in [-0.4, -0.2) is 26.0 Å². The lowest BCUT2D eigenvalue weighted by Crippen LogP contribution is -2.15. The highest BCUT2D eigenvalue weighted by Crippen LogP contribution is 2.31. The standard InChI is InChI=1S/C23H18N4O2S3/c1-14-2-7-18-19(10-14)32-22(26-18)15-3-5-16(6-4-15)24-20(28)13-30-12-17-11-21(29)27-8-9-31-23(27)25-17/h2-11H,12-13H2,1H3,(H,24,28). The summed E-state index contributed by atoms with van der Waals surface area (Å²) < 4.78 is 2.69. The van der Waals surface area contributed by atoms with Gasteiger partial charge in [-0.1, -0.05) is 6.07 Å². The molecule has 6 nitrogen and oxygen atoms in total. The first-order valence-electron chi connectivity index (χ1n) is 9.86. The van der Waals surface area contributed by atoms with Crippen molar-refractivity contribution in [3.63, 3.8) is 0 Å². The van der Waals surface area contributed by atoms with Gasteiger partial charge in [0.05, 0.1) is 21.7 Å². The second-order valence-corrected chi connectivity index (χ2v) is 10.1. The third-order valence-corrected chi connectivity index (χ3v) is 7.59. The molecule has 32 heavy (non-hydrogen) atoms. The molecule has 9 heteroatoms. The van der Waals surface area contributed by atoms with Crippen LogP contribution in [0.1, 0.15) is 11.3 Å². The summed E-state index contributed by atoms with van der Waals surface area (Å²) in [7, 11) is 0. The fourth-order valence-corrected chi connectivity index (χ4v) is 5.78. The van der Waals surface area contributed by atoms with Gasteiger partial charge in [0.15, 0.2) is 4.96 Å². The van der Waals surface area contributed by atoms with Crippen molar-refractivity contribution < 1.29 is 4.79 Å². The molecule has 0 atom stereocenters. The number of anilines is 1. The van der Waals surface area contributed by atoms with Crippen molar-refractivity contribution in [3.8, 4) is 10.6 Å². The van der Waals surface area contributed by atoms with Crippen LogP contribution in [0.3, 0.4) is 0 Å². The second-order valence-electron chi connectivity index (χ2n) is 7.25. The van der Waals surface area contributed by atoms with E-state index in [-0.39, 0.29) is 17.2 Å². The Morgan fingerprint density at radius 2 is 1.97 bits per heavy atom. The number of benzene rings is 2. The Morgan fingerprint density at radius 1 is 1.12 bits per heavy atom. The molecule has 5 rings (SSSR count). The highest BCUT2D eigenvalue weighted by atomic mass is 32.2. The molecule has 0 saturated heterocycles. The molecule has 0 aliphatic carbocycles. The maximum Gasteiger partial charge on any atom is 0.258 e. The smallest absolute Gasteiger partial charge is 0.258 e. The number of aryl methyl sites for hydroxylation is 1. The Bertz CT molecular complexity index is 1480. The maximum atomic E-state index is 12.3. The predicted molar refractivity (Wildman–Crippen MR) is 134 cm³/mol. The minimum Gasteiger partial charge on any atom is -0.325 e. The molecule has 0 fully saturated rings. The van der Waals surface area contributed by atoms with Crippen LogP contribution in [0.15, 0.2) is 64.9 Å². The number of hydrogen-bond acceptors (Lipinski definition) is 7. The molecule has 3 heterocycles. The van der Waals surface area contributed by atoms with Crippen molar-refractivity contribution in [2.75, 3.05) is 11.1 Å². The summed E-state index contributed by atoms with van der Waals surface area (Å²) in [6.45, 7) is 2.08. The summed E-state index contributed by atoms with van der Waals surface area (Å²) in [5.41, 5.74) is 4.58. The van der Waals surface area contributed by atoms with Gasteiger partial charge in [-0.05, 0) is 48.9 Å². The lowest BCUT2D eigenvalue weighted by molar-refractivity contribution is -0.113. The molecule has 0 saturated carbocycles. The second kappa shape index (κ2) is 8.85. The van der Waals surface area contributed by atoms with Crippen molar-refractivity contribution in [3.05, 3.63) is 81.7 Å². The van der Waals surface area contributed by atoms with E-state index in [0.717, 1.165) is 21.8 Å². The molecular weight excluding hydrogens is 460 g/mol. The molecule has 160 valence electrons. The third kappa shape index (κ3) is 4.45. The Morgan fingerprint density at radius 3 is 2.81 bits per heavy atom. The van der Waals surface area contributed by atoms with Gasteiger partial charge >= 0.3 is 0 Å². The highest BCUT2D eigenvalue weighted by Gasteiger charge is 2.09. The Kier molecular flexibility index (Phi) is 5.77. The van der Waals surface area contributed by atoms with Crippen LogP contribution in [0, 0.1) is 6.92 Å². The molecule has 0 aliphatic rings. The van der Waals surface area contributed by atoms with Gasteiger partial charge in [-0.2, -0.15) is 0 Å². The minimum absolute atomic E-state index is 0.0906. The van der Waals surface area contributed by atoms with E-state index >= 15 is 0 Å². The molecule has 0 bridgehead atoms. The monoisotopic (exact) mass is 478 g/mol. The van der Waals surface area contributed by atoms with Crippen LogP contribution in [0.4, 0.5) is 5.69 Å². The zero-order valence-corrected chi connectivity index (χ0v) is 19.5. The van der Waals surface area contributed by atoms with Crippen LogP contribution in [-0.2, 0) is 10.5 Å². The fraction of sp³-hybridized carbons (Fsp3) is 0.130. The summed E-state index contributed by atoms with van der Waals surface area (Å²) in [4.78, 5) is 34.2. The van der Waals surface area contributed by atoms with Gasteiger partial charge in [-0.15, -0.1) is 34.4 Å². The van der Waals surface area contributed by atoms with Gasteiger partial charge in [-0.3, -0.25) is 14.0 Å². The summed E-state index contributed by atoms with van der Waals surface area (Å²) >= 11 is 4.51. The fourth-order valence-electron chi connectivity index (χ4n) is 3.26. The molecule has 0 unspecified atom stereocenters. The van der Waals surface area contributed by atoms with E-state index in [9.17, 15) is 9.59 Å². The molecule has 0 aliphatic heterocycles. The van der Waals surface area contributed by atoms with Crippen molar-refractivity contribution >= 4 is 61.2 Å². The first kappa shape index (κ1) is 20.9. The number of carbonyl (C=O) groups excluding carboxylic acids is 1. The summed E-state index contributed by atoms with van der Waals surface area (Å²) in [5, 5.41) is 5.71. The largest absolute Gasteiger partial charge is 0.325 e. The van der Waals surface area contributed by atoms with E-state index in [0.29, 0.717) is 16.4 Å². The zero-order valence-electron chi connectivity index (χ0n) is 17.1. The molecule has 3 aromatic heterocycles. The van der Waals surface area contributed by atoms with Gasteiger partial charge < -0.3 is 5.32 Å². The number of rotatable bonds is 6. The number of carbonyl (C=O) groups is 1. The topological polar surface area (TPSA) is 76.4 Å². The van der Waals surface area contributed by atoms with Crippen LogP contribution in [0.25, 0.3) is 25.7 Å². The Labute approximate surface area is 196 Å². The third-order valence-electron chi connectivity index (χ3n) is 4.80. The molecule has 0 radical (unpaired) electrons. The van der Waals surface area contributed by atoms with Gasteiger partial charge in [0.1, 0.15) is 5.01 Å². The summed E-state index contributed by atoms with van der Waals surface area (Å²) in [5.74, 6) is 0.699. The molecule has 0 spiro atoms. The number of thioether (sulfide) groups is 1. The average molecular weight is 479 g/mol. The molecule has 5 aromatic rings. The van der Waals surface area contributed by atoms with E-state index < -0.39 is 0 Å². The van der Waals surface area contributed by atoms with E-state index in [1.54, 1.807) is 17.5 Å². The number of fused-ring (bicyclic) bond motifs is 2. The number of nitrogens with zero attached hydrogens (tertiary/aromatic N) is 3. The maximum absolute atomic E-state index is 12.3. The number of amides is 1. The molecular formula is C23H18N4O2S3. The SMILES string of the molecule is Cc1ccc2nc(-c3ccc(NC(=O)CSCc4cc(=O)n5ccsc5n4)cc3)sc2c1. The van der Waals surface area contributed by atoms with Gasteiger partial charge in [0, 0.05) is 34.6 Å². The number of hydrogen-bond donors (Lipinski definition) is 1. The van der Waals surface area contributed by atoms with Crippen molar-refractivity contribution in [2.24, 2.45) is 0 Å². The van der Waals surface area contributed by atoms with Crippen molar-refractivity contribution in [2.45, 2.75) is 12.7 Å². The molecule has 2 aromatic carbocycles. The minimum atomic E-state index is -0.0975. The lowest BCUT2D eigenvalue weighted by atomic mass is 10.2. The van der Waals surface area contributed by atoms with Crippen LogP contribution in [0.5, 0.6) is 0 Å². The van der Waals surface area contributed by atoms with Gasteiger partial charge in [0.25, 0.3) is 5.56 Å². The zero-order chi connectivity index (χ0) is 22.1. The highest BCUT2D eigenvalue weighted by molar-refractivity contribution is 7.99. The van der Waals surface area contributed by atoms with Crippen molar-refractivity contribution in [1.82, 2.24) is 14.4 Å². The first-order chi connectivity index (χ1) is 15.5. The van der Waals surface area contributed by atoms with Crippen molar-refractivity contribution in [1.29, 1.82) is 0 Å². The number of thiazole rings is 2. The van der Waals surface area contributed by atoms with E-state index in [1.807, 2.05) is 35.7 Å². The number of aromatic nitrogens is 3. The summed E-state index contributed by atoms with van der Waals surface area (Å²) in [6, 6.07) is 15.5. The van der Waals surface area contributed by atoms with E-state index in [4.69, 9.17) is 4.98 Å². The van der Waals surface area contributed by atoms with Crippen LogP contribution < -0.4 is 10.9 Å².